The van der Waals surface area contributed by atoms with Crippen molar-refractivity contribution in [2.75, 3.05) is 31.6 Å². The minimum absolute atomic E-state index is 0.248. The second kappa shape index (κ2) is 5.88. The van der Waals surface area contributed by atoms with Crippen LogP contribution in [0.25, 0.3) is 10.2 Å². The molecule has 4 aliphatic heterocycles. The maximum Gasteiger partial charge on any atom is 0.189 e. The van der Waals surface area contributed by atoms with Gasteiger partial charge in [0.2, 0.25) is 0 Å². The predicted octanol–water partition coefficient (Wildman–Crippen LogP) is 3.41. The third-order valence-corrected chi connectivity index (χ3v) is 6.77. The van der Waals surface area contributed by atoms with E-state index >= 15 is 0 Å². The summed E-state index contributed by atoms with van der Waals surface area (Å²) in [7, 11) is 0. The zero-order valence-electron chi connectivity index (χ0n) is 14.5. The highest BCUT2D eigenvalue weighted by molar-refractivity contribution is 7.22. The van der Waals surface area contributed by atoms with E-state index in [-0.39, 0.29) is 5.54 Å². The fourth-order valence-electron chi connectivity index (χ4n) is 4.61. The summed E-state index contributed by atoms with van der Waals surface area (Å²) >= 11 is 1.68. The summed E-state index contributed by atoms with van der Waals surface area (Å²) in [6, 6.07) is 6.10. The number of thiazole rings is 1. The summed E-state index contributed by atoms with van der Waals surface area (Å²) in [5.74, 6) is 2.84. The fourth-order valence-corrected chi connectivity index (χ4v) is 5.52. The number of nitrogens with one attached hydrogen (secondary N) is 2. The van der Waals surface area contributed by atoms with Gasteiger partial charge in [-0.2, -0.15) is 0 Å². The number of benzene rings is 1. The van der Waals surface area contributed by atoms with Gasteiger partial charge in [0.1, 0.15) is 11.6 Å². The third-order valence-electron chi connectivity index (χ3n) is 5.84. The van der Waals surface area contributed by atoms with Crippen LogP contribution >= 0.6 is 11.3 Å². The molecule has 0 amide bonds. The van der Waals surface area contributed by atoms with Crippen molar-refractivity contribution in [1.82, 2.24) is 15.2 Å². The van der Waals surface area contributed by atoms with Gasteiger partial charge in [-0.05, 0) is 69.5 Å². The van der Waals surface area contributed by atoms with E-state index in [0.717, 1.165) is 39.3 Å². The van der Waals surface area contributed by atoms with Crippen molar-refractivity contribution in [1.29, 1.82) is 0 Å². The van der Waals surface area contributed by atoms with Crippen LogP contribution in [0.5, 0.6) is 5.75 Å². The summed E-state index contributed by atoms with van der Waals surface area (Å²) in [6.45, 7) is 6.42. The Morgan fingerprint density at radius 2 is 2.28 bits per heavy atom. The molecule has 1 unspecified atom stereocenters. The van der Waals surface area contributed by atoms with Gasteiger partial charge in [-0.3, -0.25) is 0 Å². The van der Waals surface area contributed by atoms with Crippen LogP contribution in [-0.4, -0.2) is 41.7 Å². The van der Waals surface area contributed by atoms with E-state index in [9.17, 15) is 0 Å². The Labute approximate surface area is 152 Å². The highest BCUT2D eigenvalue weighted by Gasteiger charge is 2.48. The number of rotatable bonds is 4. The Balaban J connectivity index is 1.32. The molecule has 2 N–H and O–H groups in total. The van der Waals surface area contributed by atoms with Crippen molar-refractivity contribution >= 4 is 26.7 Å². The summed E-state index contributed by atoms with van der Waals surface area (Å²) in [5, 5.41) is 8.27. The quantitative estimate of drug-likeness (QED) is 0.879. The van der Waals surface area contributed by atoms with Gasteiger partial charge in [-0.25, -0.2) is 4.98 Å². The Bertz CT molecular complexity index is 824. The molecule has 3 fully saturated rings. The maximum atomic E-state index is 5.59. The summed E-state index contributed by atoms with van der Waals surface area (Å²) in [4.78, 5) is 7.33. The number of anilines is 1. The fraction of sp³-hybridized carbons (Fsp3) is 0.526. The lowest BCUT2D eigenvalue weighted by atomic mass is 9.72. The van der Waals surface area contributed by atoms with Gasteiger partial charge in [-0.15, -0.1) is 0 Å². The van der Waals surface area contributed by atoms with E-state index in [1.165, 1.54) is 32.5 Å². The topological polar surface area (TPSA) is 49.4 Å². The van der Waals surface area contributed by atoms with Gasteiger partial charge in [0.15, 0.2) is 5.13 Å². The maximum absolute atomic E-state index is 5.59. The van der Waals surface area contributed by atoms with E-state index in [4.69, 9.17) is 9.72 Å². The number of hydrogen-bond acceptors (Lipinski definition) is 6. The molecule has 0 aliphatic carbocycles. The van der Waals surface area contributed by atoms with Gasteiger partial charge in [-0.1, -0.05) is 11.3 Å². The van der Waals surface area contributed by atoms with Crippen LogP contribution in [-0.2, 0) is 0 Å². The highest BCUT2D eigenvalue weighted by atomic mass is 32.1. The van der Waals surface area contributed by atoms with Crippen molar-refractivity contribution in [3.8, 4) is 5.75 Å². The average molecular weight is 356 g/mol. The van der Waals surface area contributed by atoms with E-state index in [0.29, 0.717) is 6.61 Å². The van der Waals surface area contributed by atoms with Crippen LogP contribution in [0, 0.1) is 5.92 Å². The van der Waals surface area contributed by atoms with Crippen molar-refractivity contribution in [2.45, 2.75) is 31.7 Å². The van der Waals surface area contributed by atoms with Gasteiger partial charge < -0.3 is 20.3 Å². The predicted molar refractivity (Wildman–Crippen MR) is 102 cm³/mol. The number of hydrogen-bond donors (Lipinski definition) is 2. The molecule has 132 valence electrons. The molecule has 0 radical (unpaired) electrons. The van der Waals surface area contributed by atoms with Crippen molar-refractivity contribution in [3.05, 3.63) is 30.1 Å². The lowest BCUT2D eigenvalue weighted by molar-refractivity contribution is 0.0189. The van der Waals surface area contributed by atoms with E-state index in [2.05, 4.69) is 27.7 Å². The Morgan fingerprint density at radius 1 is 1.40 bits per heavy atom. The van der Waals surface area contributed by atoms with E-state index < -0.39 is 0 Å². The number of nitrogens with zero attached hydrogens (tertiary/aromatic N) is 2. The SMILES string of the molecule is CCOc1ccc2nc(NC3=CCC4(CN5CCC4CC5)N3)sc2c1. The van der Waals surface area contributed by atoms with Crippen LogP contribution in [0.2, 0.25) is 0 Å². The molecular weight excluding hydrogens is 332 g/mol. The first kappa shape index (κ1) is 15.5. The number of aromatic nitrogens is 1. The van der Waals surface area contributed by atoms with Crippen LogP contribution in [0.1, 0.15) is 26.2 Å². The molecule has 1 atom stereocenters. The second-order valence-electron chi connectivity index (χ2n) is 7.36. The van der Waals surface area contributed by atoms with Crippen LogP contribution in [0.4, 0.5) is 5.13 Å². The summed E-state index contributed by atoms with van der Waals surface area (Å²) in [6.07, 6.45) is 6.10. The molecule has 1 aromatic heterocycles. The molecule has 1 spiro atoms. The highest BCUT2D eigenvalue weighted by Crippen LogP contribution is 2.41. The first-order valence-electron chi connectivity index (χ1n) is 9.25. The first-order chi connectivity index (χ1) is 12.2. The Kier molecular flexibility index (Phi) is 3.64. The second-order valence-corrected chi connectivity index (χ2v) is 8.39. The molecule has 3 saturated heterocycles. The third kappa shape index (κ3) is 2.68. The van der Waals surface area contributed by atoms with Gasteiger partial charge >= 0.3 is 0 Å². The van der Waals surface area contributed by atoms with Crippen LogP contribution < -0.4 is 15.4 Å². The van der Waals surface area contributed by atoms with Gasteiger partial charge in [0.25, 0.3) is 0 Å². The van der Waals surface area contributed by atoms with Crippen molar-refractivity contribution < 1.29 is 4.74 Å². The smallest absolute Gasteiger partial charge is 0.189 e. The molecule has 5 nitrogen and oxygen atoms in total. The van der Waals surface area contributed by atoms with Crippen molar-refractivity contribution in [2.24, 2.45) is 5.92 Å². The molecule has 6 heteroatoms. The lowest BCUT2D eigenvalue weighted by Crippen LogP contribution is -2.64. The summed E-state index contributed by atoms with van der Waals surface area (Å²) in [5.41, 5.74) is 1.27. The minimum atomic E-state index is 0.248. The molecular formula is C19H24N4OS. The Hall–Kier alpha value is -1.79. The lowest BCUT2D eigenvalue weighted by Gasteiger charge is -2.52. The zero-order valence-corrected chi connectivity index (χ0v) is 15.4. The molecule has 4 aliphatic rings. The summed E-state index contributed by atoms with van der Waals surface area (Å²) < 4.78 is 6.75. The average Bonchev–Trinajstić information content (AvgIpc) is 3.20. The van der Waals surface area contributed by atoms with E-state index in [1.54, 1.807) is 11.3 Å². The molecule has 5 heterocycles. The molecule has 0 saturated carbocycles. The monoisotopic (exact) mass is 356 g/mol. The number of piperidine rings is 3. The van der Waals surface area contributed by atoms with Gasteiger partial charge in [0.05, 0.1) is 22.4 Å². The van der Waals surface area contributed by atoms with Crippen LogP contribution in [0.3, 0.4) is 0 Å². The minimum Gasteiger partial charge on any atom is -0.494 e. The molecule has 6 rings (SSSR count). The first-order valence-corrected chi connectivity index (χ1v) is 10.1. The molecule has 25 heavy (non-hydrogen) atoms. The zero-order chi connectivity index (χ0) is 16.9. The molecule has 2 bridgehead atoms. The largest absolute Gasteiger partial charge is 0.494 e. The van der Waals surface area contributed by atoms with Crippen LogP contribution in [0.15, 0.2) is 30.1 Å². The number of fused-ring (bicyclic) bond motifs is 3. The molecule has 1 aromatic carbocycles. The number of ether oxygens (including phenoxy) is 1. The Morgan fingerprint density at radius 3 is 3.04 bits per heavy atom. The standard InChI is InChI=1S/C19H24N4OS/c1-2-24-14-3-4-15-16(11-14)25-18(20-15)21-17-5-8-19(22-17)12-23-9-6-13(19)7-10-23/h3-5,11,13,22H,2,6-10,12H2,1H3,(H,20,21). The molecule has 2 aromatic rings. The van der Waals surface area contributed by atoms with E-state index in [1.807, 2.05) is 19.1 Å². The normalized spacial score (nSPS) is 30.5. The van der Waals surface area contributed by atoms with Gasteiger partial charge in [0, 0.05) is 6.54 Å². The van der Waals surface area contributed by atoms with Crippen molar-refractivity contribution in [3.63, 3.8) is 0 Å².